The highest BCUT2D eigenvalue weighted by Crippen LogP contribution is 2.28. The molecule has 0 aliphatic carbocycles. The molecule has 1 heterocycles. The molecular weight excluding hydrogens is 325 g/mol. The second-order valence-electron chi connectivity index (χ2n) is 3.35. The summed E-state index contributed by atoms with van der Waals surface area (Å²) in [5.41, 5.74) is 0.955. The summed E-state index contributed by atoms with van der Waals surface area (Å²) >= 11 is 14.9. The number of hydrogen-bond donors (Lipinski definition) is 0. The molecule has 0 bridgehead atoms. The van der Waals surface area contributed by atoms with Crippen LogP contribution in [0.4, 0.5) is 0 Å². The van der Waals surface area contributed by atoms with Crippen molar-refractivity contribution >= 4 is 39.1 Å². The molecule has 0 radical (unpaired) electrons. The Bertz CT molecular complexity index is 516. The number of halogens is 3. The Morgan fingerprint density at radius 2 is 2.00 bits per heavy atom. The van der Waals surface area contributed by atoms with E-state index in [1.807, 2.05) is 12.1 Å². The third-order valence-electron chi connectivity index (χ3n) is 2.08. The first-order valence-electron chi connectivity index (χ1n) is 4.83. The van der Waals surface area contributed by atoms with E-state index in [2.05, 4.69) is 20.9 Å². The van der Waals surface area contributed by atoms with Gasteiger partial charge in [0.2, 0.25) is 0 Å². The molecule has 2 nitrogen and oxygen atoms in total. The maximum absolute atomic E-state index is 5.84. The van der Waals surface area contributed by atoms with E-state index in [4.69, 9.17) is 27.9 Å². The number of aromatic nitrogens is 1. The Kier molecular flexibility index (Phi) is 4.26. The minimum atomic E-state index is 0.435. The summed E-state index contributed by atoms with van der Waals surface area (Å²) in [6.07, 6.45) is 1.69. The van der Waals surface area contributed by atoms with E-state index < -0.39 is 0 Å². The summed E-state index contributed by atoms with van der Waals surface area (Å²) in [7, 11) is 0. The molecule has 0 aliphatic rings. The van der Waals surface area contributed by atoms with Gasteiger partial charge in [-0.05, 0) is 40.2 Å². The quantitative estimate of drug-likeness (QED) is 0.758. The fourth-order valence-corrected chi connectivity index (χ4v) is 2.15. The zero-order valence-corrected chi connectivity index (χ0v) is 11.8. The van der Waals surface area contributed by atoms with Crippen molar-refractivity contribution in [1.29, 1.82) is 0 Å². The second-order valence-corrected chi connectivity index (χ2v) is 5.03. The number of pyridine rings is 1. The van der Waals surface area contributed by atoms with Gasteiger partial charge in [-0.1, -0.05) is 29.3 Å². The van der Waals surface area contributed by atoms with Crippen molar-refractivity contribution < 1.29 is 4.74 Å². The highest BCUT2D eigenvalue weighted by Gasteiger charge is 2.02. The van der Waals surface area contributed by atoms with E-state index in [1.165, 1.54) is 0 Å². The van der Waals surface area contributed by atoms with Crippen LogP contribution in [-0.2, 0) is 6.61 Å². The van der Waals surface area contributed by atoms with E-state index >= 15 is 0 Å². The number of benzene rings is 1. The standard InChI is InChI=1S/C12H8BrCl2NO/c13-10-5-9(14)2-3-11(10)17-7-8-1-4-12(15)16-6-8/h1-6H,7H2. The van der Waals surface area contributed by atoms with Gasteiger partial charge in [-0.15, -0.1) is 0 Å². The van der Waals surface area contributed by atoms with Gasteiger partial charge in [0.15, 0.2) is 0 Å². The number of hydrogen-bond acceptors (Lipinski definition) is 2. The molecule has 1 aromatic carbocycles. The lowest BCUT2D eigenvalue weighted by Crippen LogP contribution is -1.96. The smallest absolute Gasteiger partial charge is 0.134 e. The van der Waals surface area contributed by atoms with Crippen LogP contribution in [0.15, 0.2) is 41.0 Å². The van der Waals surface area contributed by atoms with E-state index in [0.29, 0.717) is 16.8 Å². The Morgan fingerprint density at radius 1 is 1.18 bits per heavy atom. The van der Waals surface area contributed by atoms with E-state index in [9.17, 15) is 0 Å². The van der Waals surface area contributed by atoms with Gasteiger partial charge < -0.3 is 4.74 Å². The number of nitrogens with zero attached hydrogens (tertiary/aromatic N) is 1. The Morgan fingerprint density at radius 3 is 2.65 bits per heavy atom. The van der Waals surface area contributed by atoms with Crippen LogP contribution < -0.4 is 4.74 Å². The molecule has 0 fully saturated rings. The molecule has 0 unspecified atom stereocenters. The average molecular weight is 333 g/mol. The van der Waals surface area contributed by atoms with Crippen LogP contribution >= 0.6 is 39.1 Å². The maximum Gasteiger partial charge on any atom is 0.134 e. The second kappa shape index (κ2) is 5.71. The van der Waals surface area contributed by atoms with Crippen molar-refractivity contribution in [2.75, 3.05) is 0 Å². The van der Waals surface area contributed by atoms with Gasteiger partial charge in [0.05, 0.1) is 4.47 Å². The number of rotatable bonds is 3. The molecule has 0 aliphatic heterocycles. The Hall–Kier alpha value is -0.770. The van der Waals surface area contributed by atoms with Crippen LogP contribution in [0.1, 0.15) is 5.56 Å². The molecule has 0 saturated carbocycles. The average Bonchev–Trinajstić information content (AvgIpc) is 2.30. The van der Waals surface area contributed by atoms with E-state index in [1.54, 1.807) is 24.4 Å². The minimum absolute atomic E-state index is 0.435. The highest BCUT2D eigenvalue weighted by atomic mass is 79.9. The van der Waals surface area contributed by atoms with Crippen molar-refractivity contribution in [3.63, 3.8) is 0 Å². The van der Waals surface area contributed by atoms with Crippen molar-refractivity contribution in [1.82, 2.24) is 4.98 Å². The Labute approximate surface area is 118 Å². The topological polar surface area (TPSA) is 22.1 Å². The van der Waals surface area contributed by atoms with E-state index in [-0.39, 0.29) is 0 Å². The molecule has 5 heteroatoms. The molecule has 0 N–H and O–H groups in total. The molecule has 88 valence electrons. The lowest BCUT2D eigenvalue weighted by atomic mass is 10.3. The fraction of sp³-hybridized carbons (Fsp3) is 0.0833. The molecule has 0 spiro atoms. The van der Waals surface area contributed by atoms with Crippen molar-refractivity contribution in [2.24, 2.45) is 0 Å². The summed E-state index contributed by atoms with van der Waals surface area (Å²) in [4.78, 5) is 3.98. The van der Waals surface area contributed by atoms with Crippen LogP contribution in [0.5, 0.6) is 5.75 Å². The van der Waals surface area contributed by atoms with Gasteiger partial charge in [-0.25, -0.2) is 4.98 Å². The summed E-state index contributed by atoms with van der Waals surface area (Å²) < 4.78 is 6.45. The van der Waals surface area contributed by atoms with Crippen LogP contribution in [0, 0.1) is 0 Å². The predicted molar refractivity (Wildman–Crippen MR) is 72.7 cm³/mol. The zero-order valence-electron chi connectivity index (χ0n) is 8.66. The maximum atomic E-state index is 5.84. The largest absolute Gasteiger partial charge is 0.488 e. The lowest BCUT2D eigenvalue weighted by Gasteiger charge is -2.08. The molecule has 2 aromatic rings. The van der Waals surface area contributed by atoms with Gasteiger partial charge in [-0.3, -0.25) is 0 Å². The number of ether oxygens (including phenoxy) is 1. The van der Waals surface area contributed by atoms with Gasteiger partial charge in [0.1, 0.15) is 17.5 Å². The normalized spacial score (nSPS) is 10.3. The van der Waals surface area contributed by atoms with Gasteiger partial charge in [-0.2, -0.15) is 0 Å². The van der Waals surface area contributed by atoms with Crippen LogP contribution in [-0.4, -0.2) is 4.98 Å². The van der Waals surface area contributed by atoms with Crippen LogP contribution in [0.3, 0.4) is 0 Å². The zero-order chi connectivity index (χ0) is 12.3. The SMILES string of the molecule is Clc1ccc(OCc2ccc(Cl)nc2)c(Br)c1. The van der Waals surface area contributed by atoms with Crippen molar-refractivity contribution in [2.45, 2.75) is 6.61 Å². The third-order valence-corrected chi connectivity index (χ3v) is 3.16. The van der Waals surface area contributed by atoms with Gasteiger partial charge >= 0.3 is 0 Å². The lowest BCUT2D eigenvalue weighted by molar-refractivity contribution is 0.304. The molecule has 1 aromatic heterocycles. The minimum Gasteiger partial charge on any atom is -0.488 e. The van der Waals surface area contributed by atoms with Gasteiger partial charge in [0, 0.05) is 16.8 Å². The fourth-order valence-electron chi connectivity index (χ4n) is 1.25. The van der Waals surface area contributed by atoms with Crippen molar-refractivity contribution in [3.8, 4) is 5.75 Å². The monoisotopic (exact) mass is 331 g/mol. The Balaban J connectivity index is 2.04. The highest BCUT2D eigenvalue weighted by molar-refractivity contribution is 9.10. The van der Waals surface area contributed by atoms with Crippen LogP contribution in [0.25, 0.3) is 0 Å². The molecule has 0 saturated heterocycles. The van der Waals surface area contributed by atoms with Gasteiger partial charge in [0.25, 0.3) is 0 Å². The molecule has 0 atom stereocenters. The molecular formula is C12H8BrCl2NO. The van der Waals surface area contributed by atoms with Crippen molar-refractivity contribution in [3.05, 3.63) is 56.7 Å². The first-order chi connectivity index (χ1) is 8.15. The first-order valence-corrected chi connectivity index (χ1v) is 6.38. The molecule has 2 rings (SSSR count). The van der Waals surface area contributed by atoms with Crippen LogP contribution in [0.2, 0.25) is 10.2 Å². The predicted octanol–water partition coefficient (Wildman–Crippen LogP) is 4.73. The summed E-state index contributed by atoms with van der Waals surface area (Å²) in [6.45, 7) is 0.435. The summed E-state index contributed by atoms with van der Waals surface area (Å²) in [6, 6.07) is 8.99. The third kappa shape index (κ3) is 3.60. The summed E-state index contributed by atoms with van der Waals surface area (Å²) in [5.74, 6) is 0.740. The first kappa shape index (κ1) is 12.7. The van der Waals surface area contributed by atoms with E-state index in [0.717, 1.165) is 15.8 Å². The molecule has 17 heavy (non-hydrogen) atoms. The summed E-state index contributed by atoms with van der Waals surface area (Å²) in [5, 5.41) is 1.14. The molecule has 0 amide bonds.